The number of nitrogens with zero attached hydrogens (tertiary/aromatic N) is 2. The molecule has 5 aliphatic rings. The summed E-state index contributed by atoms with van der Waals surface area (Å²) in [5, 5.41) is 0. The Labute approximate surface area is 222 Å². The van der Waals surface area contributed by atoms with E-state index in [-0.39, 0.29) is 23.6 Å². The van der Waals surface area contributed by atoms with E-state index in [1.165, 1.54) is 43.3 Å². The predicted octanol–water partition coefficient (Wildman–Crippen LogP) is 3.41. The lowest BCUT2D eigenvalue weighted by atomic mass is 9.43. The van der Waals surface area contributed by atoms with Gasteiger partial charge in [0.15, 0.2) is 0 Å². The Morgan fingerprint density at radius 1 is 0.795 bits per heavy atom. The summed E-state index contributed by atoms with van der Waals surface area (Å²) in [6.45, 7) is 4.73. The van der Waals surface area contributed by atoms with Crippen LogP contribution in [-0.2, 0) is 28.7 Å². The Morgan fingerprint density at radius 2 is 1.23 bits per heavy atom. The van der Waals surface area contributed by atoms with Crippen molar-refractivity contribution in [3.05, 3.63) is 71.3 Å². The Kier molecular flexibility index (Phi) is 5.40. The predicted molar refractivity (Wildman–Crippen MR) is 133 cm³/mol. The molecular formula is C29H24F2N2O6. The summed E-state index contributed by atoms with van der Waals surface area (Å²) in [4.78, 5) is 70.7. The van der Waals surface area contributed by atoms with Crippen LogP contribution in [0, 0.1) is 46.6 Å². The van der Waals surface area contributed by atoms with Crippen LogP contribution in [0.2, 0.25) is 0 Å². The third-order valence-electron chi connectivity index (χ3n) is 8.87. The van der Waals surface area contributed by atoms with Crippen LogP contribution in [0.4, 0.5) is 20.2 Å². The number of rotatable bonds is 4. The Bertz CT molecular complexity index is 1440. The van der Waals surface area contributed by atoms with E-state index in [2.05, 4.69) is 0 Å². The van der Waals surface area contributed by atoms with Gasteiger partial charge in [-0.1, -0.05) is 36.8 Å². The fraction of sp³-hybridized carbons (Fsp3) is 0.345. The summed E-state index contributed by atoms with van der Waals surface area (Å²) in [7, 11) is 0. The summed E-state index contributed by atoms with van der Waals surface area (Å²) in [5.41, 5.74) is -1.71. The second-order valence-corrected chi connectivity index (χ2v) is 10.5. The highest BCUT2D eigenvalue weighted by Gasteiger charge is 2.77. The normalized spacial score (nSPS) is 31.3. The van der Waals surface area contributed by atoms with Gasteiger partial charge in [0.2, 0.25) is 23.6 Å². The molecule has 2 aromatic carbocycles. The van der Waals surface area contributed by atoms with Crippen molar-refractivity contribution in [3.63, 3.8) is 0 Å². The molecule has 2 aliphatic heterocycles. The maximum atomic E-state index is 14.8. The molecule has 8 nitrogen and oxygen atoms in total. The fourth-order valence-corrected chi connectivity index (χ4v) is 7.55. The molecule has 1 saturated carbocycles. The van der Waals surface area contributed by atoms with Crippen LogP contribution < -0.4 is 9.80 Å². The number of ether oxygens (including phenoxy) is 1. The number of allylic oxidation sites excluding steroid dienone is 1. The monoisotopic (exact) mass is 534 g/mol. The minimum absolute atomic E-state index is 0.0149. The zero-order valence-corrected chi connectivity index (χ0v) is 21.3. The summed E-state index contributed by atoms with van der Waals surface area (Å²) in [6, 6.07) is 10.7. The van der Waals surface area contributed by atoms with Gasteiger partial charge < -0.3 is 4.74 Å². The number of carbonyl (C=O) groups excluding carboxylic acids is 5. The van der Waals surface area contributed by atoms with E-state index in [4.69, 9.17) is 4.74 Å². The zero-order chi connectivity index (χ0) is 28.0. The van der Waals surface area contributed by atoms with Crippen LogP contribution in [0.1, 0.15) is 20.8 Å². The van der Waals surface area contributed by atoms with Crippen LogP contribution in [0.5, 0.6) is 0 Å². The first kappa shape index (κ1) is 25.1. The van der Waals surface area contributed by atoms with Crippen LogP contribution in [0.15, 0.2) is 59.7 Å². The number of hydrogen-bond acceptors (Lipinski definition) is 6. The van der Waals surface area contributed by atoms with Crippen molar-refractivity contribution in [2.24, 2.45) is 35.0 Å². The Balaban J connectivity index is 1.57. The van der Waals surface area contributed by atoms with Gasteiger partial charge in [0.25, 0.3) is 0 Å². The summed E-state index contributed by atoms with van der Waals surface area (Å²) in [5.74, 6) is -11.0. The third kappa shape index (κ3) is 2.99. The number of esters is 1. The van der Waals surface area contributed by atoms with Crippen molar-refractivity contribution in [2.45, 2.75) is 20.8 Å². The first-order valence-corrected chi connectivity index (χ1v) is 12.7. The number of hydrogen-bond donors (Lipinski definition) is 0. The lowest BCUT2D eigenvalue weighted by molar-refractivity contribution is -0.155. The highest BCUT2D eigenvalue weighted by molar-refractivity contribution is 6.27. The molecule has 7 rings (SSSR count). The molecule has 6 atom stereocenters. The fourth-order valence-electron chi connectivity index (χ4n) is 7.55. The molecular weight excluding hydrogens is 510 g/mol. The van der Waals surface area contributed by atoms with Crippen LogP contribution >= 0.6 is 0 Å². The highest BCUT2D eigenvalue weighted by atomic mass is 19.1. The average molecular weight is 535 g/mol. The Morgan fingerprint density at radius 3 is 1.64 bits per heavy atom. The van der Waals surface area contributed by atoms with Crippen LogP contribution in [0.25, 0.3) is 0 Å². The number of para-hydroxylation sites is 2. The number of imide groups is 2. The molecule has 0 spiro atoms. The molecule has 200 valence electrons. The van der Waals surface area contributed by atoms with E-state index in [1.54, 1.807) is 13.8 Å². The first-order valence-electron chi connectivity index (χ1n) is 12.7. The zero-order valence-electron chi connectivity index (χ0n) is 21.3. The van der Waals surface area contributed by atoms with E-state index >= 15 is 0 Å². The minimum Gasteiger partial charge on any atom is -0.463 e. The van der Waals surface area contributed by atoms with Crippen molar-refractivity contribution in [3.8, 4) is 0 Å². The summed E-state index contributed by atoms with van der Waals surface area (Å²) < 4.78 is 34.9. The Hall–Kier alpha value is -4.21. The number of anilines is 2. The largest absolute Gasteiger partial charge is 0.463 e. The summed E-state index contributed by atoms with van der Waals surface area (Å²) in [6.07, 6.45) is 0. The second-order valence-electron chi connectivity index (χ2n) is 10.5. The lowest BCUT2D eigenvalue weighted by Gasteiger charge is -2.55. The molecule has 4 amide bonds. The third-order valence-corrected chi connectivity index (χ3v) is 8.87. The molecule has 2 unspecified atom stereocenters. The standard InChI is InChI=1S/C29H24F2N2O6/c1-4-39-28(38)21-13(2)18-19-22(26(36)32(24(19)34)16-11-7-5-9-14(16)30)29(21,3)23-20(18)25(35)33(27(23)37)17-12-8-6-10-15(17)31/h5-12,18-20,22-23H,4H2,1-3H3/t18?,19-,20-,22-,23+,29?/m1/s1. The van der Waals surface area contributed by atoms with E-state index in [1.807, 2.05) is 0 Å². The van der Waals surface area contributed by atoms with E-state index < -0.39 is 76.2 Å². The maximum Gasteiger partial charge on any atom is 0.334 e. The van der Waals surface area contributed by atoms with Crippen LogP contribution in [0.3, 0.4) is 0 Å². The van der Waals surface area contributed by atoms with Crippen molar-refractivity contribution in [1.82, 2.24) is 0 Å². The quantitative estimate of drug-likeness (QED) is 0.440. The minimum atomic E-state index is -1.65. The van der Waals surface area contributed by atoms with Gasteiger partial charge in [-0.15, -0.1) is 0 Å². The molecule has 39 heavy (non-hydrogen) atoms. The molecule has 2 aromatic rings. The first-order chi connectivity index (χ1) is 18.6. The van der Waals surface area contributed by atoms with Crippen molar-refractivity contribution >= 4 is 41.0 Å². The summed E-state index contributed by atoms with van der Waals surface area (Å²) >= 11 is 0. The van der Waals surface area contributed by atoms with Gasteiger partial charge in [0.1, 0.15) is 11.6 Å². The molecule has 3 aliphatic carbocycles. The van der Waals surface area contributed by atoms with Crippen LogP contribution in [-0.4, -0.2) is 36.2 Å². The van der Waals surface area contributed by atoms with E-state index in [9.17, 15) is 32.8 Å². The molecule has 3 fully saturated rings. The number of halogens is 2. The van der Waals surface area contributed by atoms with Gasteiger partial charge in [-0.25, -0.2) is 23.4 Å². The van der Waals surface area contributed by atoms with Gasteiger partial charge in [0, 0.05) is 16.9 Å². The number of carbonyl (C=O) groups is 5. The maximum absolute atomic E-state index is 14.8. The topological polar surface area (TPSA) is 101 Å². The molecule has 10 heteroatoms. The lowest BCUT2D eigenvalue weighted by Crippen LogP contribution is -2.61. The van der Waals surface area contributed by atoms with Gasteiger partial charge in [-0.05, 0) is 38.1 Å². The van der Waals surface area contributed by atoms with Gasteiger partial charge in [-0.2, -0.15) is 0 Å². The van der Waals surface area contributed by atoms with Crippen molar-refractivity contribution in [1.29, 1.82) is 0 Å². The van der Waals surface area contributed by atoms with Crippen molar-refractivity contribution in [2.75, 3.05) is 16.4 Å². The molecule has 0 radical (unpaired) electrons. The molecule has 0 N–H and O–H groups in total. The second kappa shape index (κ2) is 8.39. The average Bonchev–Trinajstić information content (AvgIpc) is 3.31. The molecule has 0 aromatic heterocycles. The van der Waals surface area contributed by atoms with Gasteiger partial charge >= 0.3 is 5.97 Å². The van der Waals surface area contributed by atoms with E-state index in [0.717, 1.165) is 21.9 Å². The molecule has 2 bridgehead atoms. The molecule has 2 heterocycles. The van der Waals surface area contributed by atoms with E-state index in [0.29, 0.717) is 5.57 Å². The van der Waals surface area contributed by atoms with Crippen molar-refractivity contribution < 1.29 is 37.5 Å². The highest BCUT2D eigenvalue weighted by Crippen LogP contribution is 2.68. The molecule has 2 saturated heterocycles. The smallest absolute Gasteiger partial charge is 0.334 e. The van der Waals surface area contributed by atoms with Gasteiger partial charge in [-0.3, -0.25) is 19.2 Å². The number of benzene rings is 2. The SMILES string of the molecule is CCOC(=O)C1=C(C)C2[C@H]3C(=O)N(c4ccccc4F)C(=O)[C@H]3C1(C)[C@H]1C(=O)N(c3ccccc3F)C(=O)[C@H]21. The number of amides is 4. The van der Waals surface area contributed by atoms with Gasteiger partial charge in [0.05, 0.1) is 41.7 Å².